The minimum absolute atomic E-state index is 0.604. The van der Waals surface area contributed by atoms with Crippen molar-refractivity contribution in [2.45, 2.75) is 48.0 Å². The van der Waals surface area contributed by atoms with Crippen LogP contribution >= 0.6 is 0 Å². The van der Waals surface area contributed by atoms with Gasteiger partial charge >= 0.3 is 0 Å². The first-order chi connectivity index (χ1) is 7.72. The first-order valence-corrected chi connectivity index (χ1v) is 6.31. The van der Waals surface area contributed by atoms with Crippen LogP contribution in [-0.4, -0.2) is 0 Å². The molecule has 0 aliphatic rings. The number of rotatable bonds is 4. The molecule has 0 bridgehead atoms. The zero-order valence-electron chi connectivity index (χ0n) is 12.8. The van der Waals surface area contributed by atoms with Crippen LogP contribution in [0.2, 0.25) is 0 Å². The van der Waals surface area contributed by atoms with E-state index < -0.39 is 0 Å². The summed E-state index contributed by atoms with van der Waals surface area (Å²) >= 11 is 0. The zero-order valence-corrected chi connectivity index (χ0v) is 12.8. The third kappa shape index (κ3) is 31.3. The standard InChI is InChI=1S/C8H14.C5H8.C4H10/c1-5-7(3)8(4)6-2;1-4-5(2)3;1-4(2)3/h5,8H,1,3,6H2,2,4H3;4H,1-2H2,3H3;4H,1-3H3. The highest BCUT2D eigenvalue weighted by Gasteiger charge is 1.96. The van der Waals surface area contributed by atoms with Crippen molar-refractivity contribution in [3.05, 3.63) is 49.6 Å². The fourth-order valence-corrected chi connectivity index (χ4v) is 0.463. The zero-order chi connectivity index (χ0) is 14.4. The van der Waals surface area contributed by atoms with Gasteiger partial charge in [0.15, 0.2) is 0 Å². The van der Waals surface area contributed by atoms with E-state index in [4.69, 9.17) is 0 Å². The molecular weight excluding hydrogens is 204 g/mol. The molecule has 17 heavy (non-hydrogen) atoms. The molecule has 0 radical (unpaired) electrons. The van der Waals surface area contributed by atoms with E-state index in [9.17, 15) is 0 Å². The molecule has 0 saturated heterocycles. The summed E-state index contributed by atoms with van der Waals surface area (Å²) in [7, 11) is 0. The van der Waals surface area contributed by atoms with Gasteiger partial charge in [-0.05, 0) is 25.2 Å². The Balaban J connectivity index is -0.000000188. The van der Waals surface area contributed by atoms with E-state index in [1.54, 1.807) is 6.08 Å². The van der Waals surface area contributed by atoms with Gasteiger partial charge in [0.2, 0.25) is 0 Å². The molecule has 1 atom stereocenters. The van der Waals surface area contributed by atoms with Crippen molar-refractivity contribution in [1.29, 1.82) is 0 Å². The van der Waals surface area contributed by atoms with Crippen LogP contribution in [0, 0.1) is 11.8 Å². The molecule has 0 rings (SSSR count). The van der Waals surface area contributed by atoms with E-state index in [0.29, 0.717) is 5.92 Å². The van der Waals surface area contributed by atoms with Crippen LogP contribution in [0.25, 0.3) is 0 Å². The lowest BCUT2D eigenvalue weighted by atomic mass is 10.0. The van der Waals surface area contributed by atoms with E-state index in [1.165, 1.54) is 0 Å². The minimum Gasteiger partial charge on any atom is -0.0988 e. The Kier molecular flexibility index (Phi) is 18.7. The van der Waals surface area contributed by atoms with Crippen LogP contribution in [0.5, 0.6) is 0 Å². The lowest BCUT2D eigenvalue weighted by Crippen LogP contribution is -1.91. The van der Waals surface area contributed by atoms with Crippen molar-refractivity contribution in [2.75, 3.05) is 0 Å². The van der Waals surface area contributed by atoms with Gasteiger partial charge in [0.05, 0.1) is 0 Å². The highest BCUT2D eigenvalue weighted by Crippen LogP contribution is 2.11. The topological polar surface area (TPSA) is 0 Å². The minimum atomic E-state index is 0.604. The van der Waals surface area contributed by atoms with Gasteiger partial charge in [-0.25, -0.2) is 0 Å². The third-order valence-electron chi connectivity index (χ3n) is 1.86. The smallest absolute Gasteiger partial charge is 0.0199 e. The molecule has 0 nitrogen and oxygen atoms in total. The van der Waals surface area contributed by atoms with Gasteiger partial charge in [0.25, 0.3) is 0 Å². The highest BCUT2D eigenvalue weighted by molar-refractivity contribution is 5.13. The Labute approximate surface area is 110 Å². The second-order valence-corrected chi connectivity index (χ2v) is 4.87. The number of hydrogen-bond acceptors (Lipinski definition) is 0. The second kappa shape index (κ2) is 15.0. The molecule has 100 valence electrons. The molecule has 0 aliphatic carbocycles. The van der Waals surface area contributed by atoms with Crippen molar-refractivity contribution in [3.8, 4) is 0 Å². The van der Waals surface area contributed by atoms with Gasteiger partial charge in [-0.15, -0.1) is 0 Å². The average Bonchev–Trinajstić information content (AvgIpc) is 2.26. The maximum atomic E-state index is 3.83. The average molecular weight is 236 g/mol. The summed E-state index contributed by atoms with van der Waals surface area (Å²) < 4.78 is 0. The van der Waals surface area contributed by atoms with Crippen molar-refractivity contribution in [2.24, 2.45) is 11.8 Å². The van der Waals surface area contributed by atoms with Crippen molar-refractivity contribution >= 4 is 0 Å². The molecule has 0 heterocycles. The van der Waals surface area contributed by atoms with Crippen molar-refractivity contribution in [3.63, 3.8) is 0 Å². The van der Waals surface area contributed by atoms with Crippen LogP contribution in [0.15, 0.2) is 49.6 Å². The molecule has 0 spiro atoms. The van der Waals surface area contributed by atoms with Crippen LogP contribution in [0.3, 0.4) is 0 Å². The normalized spacial score (nSPS) is 10.1. The summed E-state index contributed by atoms with van der Waals surface area (Å²) in [5.41, 5.74) is 2.16. The van der Waals surface area contributed by atoms with Gasteiger partial charge in [-0.1, -0.05) is 84.2 Å². The Morgan fingerprint density at radius 2 is 1.29 bits per heavy atom. The van der Waals surface area contributed by atoms with Gasteiger partial charge in [0, 0.05) is 0 Å². The quantitative estimate of drug-likeness (QED) is 0.511. The predicted octanol–water partition coefficient (Wildman–Crippen LogP) is 6.19. The summed E-state index contributed by atoms with van der Waals surface area (Å²) in [5.74, 6) is 1.44. The molecule has 0 N–H and O–H groups in total. The molecule has 0 aromatic rings. The predicted molar refractivity (Wildman–Crippen MR) is 84.3 cm³/mol. The molecular formula is C17H32. The summed E-state index contributed by atoms with van der Waals surface area (Å²) in [6, 6.07) is 0. The van der Waals surface area contributed by atoms with E-state index in [2.05, 4.69) is 60.9 Å². The number of hydrogen-bond donors (Lipinski definition) is 0. The van der Waals surface area contributed by atoms with E-state index in [1.807, 2.05) is 13.0 Å². The van der Waals surface area contributed by atoms with E-state index in [-0.39, 0.29) is 0 Å². The fraction of sp³-hybridized carbons (Fsp3) is 0.529. The summed E-state index contributed by atoms with van der Waals surface area (Å²) in [5, 5.41) is 0. The molecule has 0 aliphatic heterocycles. The summed E-state index contributed by atoms with van der Waals surface area (Å²) in [4.78, 5) is 0. The maximum Gasteiger partial charge on any atom is -0.0199 e. The molecule has 0 aromatic heterocycles. The Bertz CT molecular complexity index is 215. The number of allylic oxidation sites excluding steroid dienone is 4. The summed E-state index contributed by atoms with van der Waals surface area (Å²) in [6.07, 6.45) is 4.71. The SMILES string of the molecule is C=CC(=C)C.C=CC(=C)C(C)CC.CC(C)C. The molecule has 0 aromatic carbocycles. The summed E-state index contributed by atoms with van der Waals surface area (Å²) in [6.45, 7) is 27.2. The highest BCUT2D eigenvalue weighted by atomic mass is 14.0. The first kappa shape index (κ1) is 21.3. The molecule has 0 heteroatoms. The maximum absolute atomic E-state index is 3.83. The Morgan fingerprint density at radius 1 is 1.00 bits per heavy atom. The van der Waals surface area contributed by atoms with Crippen LogP contribution in [0.4, 0.5) is 0 Å². The lowest BCUT2D eigenvalue weighted by Gasteiger charge is -2.05. The lowest BCUT2D eigenvalue weighted by molar-refractivity contribution is 0.673. The van der Waals surface area contributed by atoms with Crippen LogP contribution in [-0.2, 0) is 0 Å². The third-order valence-corrected chi connectivity index (χ3v) is 1.86. The van der Waals surface area contributed by atoms with Gasteiger partial charge in [-0.3, -0.25) is 0 Å². The fourth-order valence-electron chi connectivity index (χ4n) is 0.463. The molecule has 1 unspecified atom stereocenters. The van der Waals surface area contributed by atoms with E-state index >= 15 is 0 Å². The first-order valence-electron chi connectivity index (χ1n) is 6.31. The largest absolute Gasteiger partial charge is 0.0988 e. The second-order valence-electron chi connectivity index (χ2n) is 4.87. The molecule has 0 saturated carbocycles. The van der Waals surface area contributed by atoms with Crippen LogP contribution < -0.4 is 0 Å². The van der Waals surface area contributed by atoms with Crippen molar-refractivity contribution < 1.29 is 0 Å². The van der Waals surface area contributed by atoms with Crippen LogP contribution in [0.1, 0.15) is 48.0 Å². The van der Waals surface area contributed by atoms with E-state index in [0.717, 1.165) is 23.5 Å². The monoisotopic (exact) mass is 236 g/mol. The van der Waals surface area contributed by atoms with Gasteiger partial charge < -0.3 is 0 Å². The Hall–Kier alpha value is -1.04. The van der Waals surface area contributed by atoms with Gasteiger partial charge in [0.1, 0.15) is 0 Å². The Morgan fingerprint density at radius 3 is 1.35 bits per heavy atom. The molecule has 0 amide bonds. The van der Waals surface area contributed by atoms with Crippen molar-refractivity contribution in [1.82, 2.24) is 0 Å². The van der Waals surface area contributed by atoms with Gasteiger partial charge in [-0.2, -0.15) is 0 Å². The molecule has 0 fully saturated rings.